The van der Waals surface area contributed by atoms with Gasteiger partial charge in [-0.1, -0.05) is 36.4 Å². The lowest BCUT2D eigenvalue weighted by Crippen LogP contribution is -2.41. The average molecular weight is 352 g/mol. The average Bonchev–Trinajstić information content (AvgIpc) is 2.66. The monoisotopic (exact) mass is 352 g/mol. The van der Waals surface area contributed by atoms with Gasteiger partial charge in [-0.15, -0.1) is 0 Å². The van der Waals surface area contributed by atoms with E-state index in [0.29, 0.717) is 31.8 Å². The Kier molecular flexibility index (Phi) is 5.56. The maximum absolute atomic E-state index is 12.7. The van der Waals surface area contributed by atoms with Gasteiger partial charge in [0.15, 0.2) is 6.61 Å². The number of benzene rings is 2. The van der Waals surface area contributed by atoms with Gasteiger partial charge in [0.2, 0.25) is 5.91 Å². The van der Waals surface area contributed by atoms with Crippen LogP contribution in [0.4, 0.5) is 5.69 Å². The smallest absolute Gasteiger partial charge is 0.265 e. The molecule has 0 saturated heterocycles. The van der Waals surface area contributed by atoms with Crippen LogP contribution in [0.15, 0.2) is 48.5 Å². The maximum Gasteiger partial charge on any atom is 0.265 e. The molecule has 0 aromatic heterocycles. The number of anilines is 1. The standard InChI is InChI=1S/C21H24N2O3/c1-3-22(14-17-7-5-4-6-8-17)20(24)11-12-23-18-13-16(2)9-10-19(18)26-15-21(23)25/h4-10,13H,3,11-12,14-15H2,1-2H3. The number of ether oxygens (including phenoxy) is 1. The Morgan fingerprint density at radius 1 is 1.19 bits per heavy atom. The van der Waals surface area contributed by atoms with Crippen molar-refractivity contribution in [1.29, 1.82) is 0 Å². The van der Waals surface area contributed by atoms with Crippen LogP contribution in [0.3, 0.4) is 0 Å². The second-order valence-electron chi connectivity index (χ2n) is 6.45. The van der Waals surface area contributed by atoms with Crippen molar-refractivity contribution in [3.8, 4) is 5.75 Å². The van der Waals surface area contributed by atoms with E-state index >= 15 is 0 Å². The first-order valence-corrected chi connectivity index (χ1v) is 8.94. The van der Waals surface area contributed by atoms with Crippen molar-refractivity contribution in [2.45, 2.75) is 26.8 Å². The molecule has 1 aliphatic rings. The van der Waals surface area contributed by atoms with Crippen molar-refractivity contribution in [2.24, 2.45) is 0 Å². The van der Waals surface area contributed by atoms with Gasteiger partial charge in [0, 0.05) is 26.1 Å². The molecule has 0 N–H and O–H groups in total. The molecular formula is C21H24N2O3. The van der Waals surface area contributed by atoms with Crippen molar-refractivity contribution in [3.63, 3.8) is 0 Å². The highest BCUT2D eigenvalue weighted by Gasteiger charge is 2.26. The minimum atomic E-state index is -0.109. The first-order chi connectivity index (χ1) is 12.6. The highest BCUT2D eigenvalue weighted by atomic mass is 16.5. The third-order valence-corrected chi connectivity index (χ3v) is 4.56. The van der Waals surface area contributed by atoms with E-state index in [-0.39, 0.29) is 18.4 Å². The molecule has 0 atom stereocenters. The second kappa shape index (κ2) is 8.04. The fraction of sp³-hybridized carbons (Fsp3) is 0.333. The van der Waals surface area contributed by atoms with Crippen molar-refractivity contribution < 1.29 is 14.3 Å². The number of carbonyl (C=O) groups is 2. The van der Waals surface area contributed by atoms with Gasteiger partial charge in [-0.3, -0.25) is 9.59 Å². The zero-order valence-electron chi connectivity index (χ0n) is 15.3. The van der Waals surface area contributed by atoms with E-state index in [1.165, 1.54) is 0 Å². The number of rotatable bonds is 6. The summed E-state index contributed by atoms with van der Waals surface area (Å²) < 4.78 is 5.49. The summed E-state index contributed by atoms with van der Waals surface area (Å²) in [5, 5.41) is 0. The highest BCUT2D eigenvalue weighted by molar-refractivity contribution is 5.98. The number of nitrogens with zero attached hydrogens (tertiary/aromatic N) is 2. The van der Waals surface area contributed by atoms with E-state index in [1.807, 2.05) is 67.3 Å². The van der Waals surface area contributed by atoms with Crippen molar-refractivity contribution in [1.82, 2.24) is 4.90 Å². The molecule has 0 radical (unpaired) electrons. The molecule has 1 heterocycles. The van der Waals surface area contributed by atoms with Crippen LogP contribution < -0.4 is 9.64 Å². The van der Waals surface area contributed by atoms with Gasteiger partial charge < -0.3 is 14.5 Å². The van der Waals surface area contributed by atoms with Gasteiger partial charge in [-0.25, -0.2) is 0 Å². The SMILES string of the molecule is CCN(Cc1ccccc1)C(=O)CCN1C(=O)COc2ccc(C)cc21. The molecule has 26 heavy (non-hydrogen) atoms. The Labute approximate surface area is 154 Å². The lowest BCUT2D eigenvalue weighted by molar-refractivity contribution is -0.131. The highest BCUT2D eigenvalue weighted by Crippen LogP contribution is 2.32. The van der Waals surface area contributed by atoms with Gasteiger partial charge in [0.1, 0.15) is 5.75 Å². The van der Waals surface area contributed by atoms with Crippen LogP contribution in [0, 0.1) is 6.92 Å². The lowest BCUT2D eigenvalue weighted by Gasteiger charge is -2.30. The predicted octanol–water partition coefficient (Wildman–Crippen LogP) is 3.16. The van der Waals surface area contributed by atoms with Gasteiger partial charge >= 0.3 is 0 Å². The van der Waals surface area contributed by atoms with E-state index in [2.05, 4.69) is 0 Å². The molecule has 0 fully saturated rings. The second-order valence-corrected chi connectivity index (χ2v) is 6.45. The van der Waals surface area contributed by atoms with Gasteiger partial charge in [0.25, 0.3) is 5.91 Å². The van der Waals surface area contributed by atoms with Crippen LogP contribution >= 0.6 is 0 Å². The molecule has 2 aromatic carbocycles. The minimum absolute atomic E-state index is 0.0196. The molecule has 136 valence electrons. The zero-order valence-corrected chi connectivity index (χ0v) is 15.3. The lowest BCUT2D eigenvalue weighted by atomic mass is 10.1. The molecule has 3 rings (SSSR count). The number of fused-ring (bicyclic) bond motifs is 1. The fourth-order valence-corrected chi connectivity index (χ4v) is 3.10. The Morgan fingerprint density at radius 2 is 1.96 bits per heavy atom. The normalized spacial score (nSPS) is 13.2. The van der Waals surface area contributed by atoms with E-state index in [0.717, 1.165) is 16.8 Å². The van der Waals surface area contributed by atoms with Crippen molar-refractivity contribution >= 4 is 17.5 Å². The minimum Gasteiger partial charge on any atom is -0.482 e. The number of aryl methyl sites for hydroxylation is 1. The van der Waals surface area contributed by atoms with Crippen molar-refractivity contribution in [2.75, 3.05) is 24.6 Å². The summed E-state index contributed by atoms with van der Waals surface area (Å²) in [4.78, 5) is 28.4. The van der Waals surface area contributed by atoms with Crippen LogP contribution in [0.25, 0.3) is 0 Å². The Hall–Kier alpha value is -2.82. The third kappa shape index (κ3) is 4.04. The summed E-state index contributed by atoms with van der Waals surface area (Å²) in [6.45, 7) is 5.55. The summed E-state index contributed by atoms with van der Waals surface area (Å²) in [5.41, 5.74) is 2.91. The predicted molar refractivity (Wildman–Crippen MR) is 101 cm³/mol. The van der Waals surface area contributed by atoms with E-state index in [1.54, 1.807) is 4.90 Å². The van der Waals surface area contributed by atoms with E-state index in [9.17, 15) is 9.59 Å². The van der Waals surface area contributed by atoms with E-state index in [4.69, 9.17) is 4.74 Å². The molecule has 2 amide bonds. The van der Waals surface area contributed by atoms with Crippen LogP contribution in [0.5, 0.6) is 5.75 Å². The molecule has 0 spiro atoms. The fourth-order valence-electron chi connectivity index (χ4n) is 3.10. The first kappa shape index (κ1) is 18.0. The third-order valence-electron chi connectivity index (χ3n) is 4.56. The Morgan fingerprint density at radius 3 is 2.69 bits per heavy atom. The molecule has 0 aliphatic carbocycles. The number of amides is 2. The van der Waals surface area contributed by atoms with Crippen LogP contribution in [-0.4, -0.2) is 36.4 Å². The molecule has 5 nitrogen and oxygen atoms in total. The molecule has 0 saturated carbocycles. The maximum atomic E-state index is 12.7. The van der Waals surface area contributed by atoms with Gasteiger partial charge in [-0.2, -0.15) is 0 Å². The molecule has 5 heteroatoms. The summed E-state index contributed by atoms with van der Waals surface area (Å²) in [6.07, 6.45) is 0.291. The number of carbonyl (C=O) groups excluding carboxylic acids is 2. The number of hydrogen-bond donors (Lipinski definition) is 0. The summed E-state index contributed by atoms with van der Waals surface area (Å²) in [7, 11) is 0. The van der Waals surface area contributed by atoms with Crippen molar-refractivity contribution in [3.05, 3.63) is 59.7 Å². The molecule has 2 aromatic rings. The Bertz CT molecular complexity index is 789. The van der Waals surface area contributed by atoms with Gasteiger partial charge in [0.05, 0.1) is 5.69 Å². The van der Waals surface area contributed by atoms with E-state index < -0.39 is 0 Å². The van der Waals surface area contributed by atoms with Crippen LogP contribution in [0.1, 0.15) is 24.5 Å². The van der Waals surface area contributed by atoms with Gasteiger partial charge in [-0.05, 0) is 37.1 Å². The molecule has 0 bridgehead atoms. The largest absolute Gasteiger partial charge is 0.482 e. The molecular weight excluding hydrogens is 328 g/mol. The zero-order chi connectivity index (χ0) is 18.5. The molecule has 0 unspecified atom stereocenters. The summed E-state index contributed by atoms with van der Waals surface area (Å²) in [5.74, 6) is 0.631. The summed E-state index contributed by atoms with van der Waals surface area (Å²) >= 11 is 0. The molecule has 1 aliphatic heterocycles. The van der Waals surface area contributed by atoms with Crippen LogP contribution in [-0.2, 0) is 16.1 Å². The van der Waals surface area contributed by atoms with Crippen LogP contribution in [0.2, 0.25) is 0 Å². The quantitative estimate of drug-likeness (QED) is 0.802. The topological polar surface area (TPSA) is 49.9 Å². The summed E-state index contributed by atoms with van der Waals surface area (Å²) in [6, 6.07) is 15.7. The first-order valence-electron chi connectivity index (χ1n) is 8.94. The number of hydrogen-bond acceptors (Lipinski definition) is 3. The Balaban J connectivity index is 1.67.